The number of hydrogen-bond donors (Lipinski definition) is 2. The third-order valence-corrected chi connectivity index (χ3v) is 6.63. The molecule has 11 nitrogen and oxygen atoms in total. The molecule has 2 amide bonds. The van der Waals surface area contributed by atoms with Gasteiger partial charge in [0.15, 0.2) is 11.5 Å². The molecule has 0 spiro atoms. The third kappa shape index (κ3) is 6.24. The van der Waals surface area contributed by atoms with Crippen molar-refractivity contribution in [1.29, 1.82) is 5.26 Å². The molecule has 210 valence electrons. The molecule has 1 aromatic carbocycles. The van der Waals surface area contributed by atoms with Crippen molar-refractivity contribution in [3.63, 3.8) is 0 Å². The number of ether oxygens (including phenoxy) is 2. The topological polar surface area (TPSA) is 144 Å². The summed E-state index contributed by atoms with van der Waals surface area (Å²) in [4.78, 5) is 34.1. The Kier molecular flexibility index (Phi) is 7.52. The quantitative estimate of drug-likeness (QED) is 0.296. The number of hydrogen-bond acceptors (Lipinski definition) is 8. The fraction of sp³-hybridized carbons (Fsp3) is 0.310. The van der Waals surface area contributed by atoms with E-state index in [1.807, 2.05) is 6.07 Å². The molecule has 4 aromatic rings. The normalized spacial score (nSPS) is 13.0. The zero-order valence-electron chi connectivity index (χ0n) is 22.8. The van der Waals surface area contributed by atoms with E-state index in [0.717, 1.165) is 12.8 Å². The van der Waals surface area contributed by atoms with Crippen molar-refractivity contribution >= 4 is 23.3 Å². The first-order valence-corrected chi connectivity index (χ1v) is 13.0. The van der Waals surface area contributed by atoms with Crippen molar-refractivity contribution in [2.75, 3.05) is 19.0 Å². The molecule has 3 heterocycles. The number of fused-ring (bicyclic) bond motifs is 1. The van der Waals surface area contributed by atoms with Crippen LogP contribution in [0.5, 0.6) is 11.6 Å². The minimum Gasteiger partial charge on any atom is -0.493 e. The lowest BCUT2D eigenvalue weighted by Crippen LogP contribution is -2.29. The van der Waals surface area contributed by atoms with Gasteiger partial charge < -0.3 is 20.1 Å². The number of nitriles is 1. The number of halogens is 1. The molecule has 1 fully saturated rings. The Labute approximate surface area is 235 Å². The fourth-order valence-electron chi connectivity index (χ4n) is 3.88. The Morgan fingerprint density at radius 2 is 2.02 bits per heavy atom. The largest absolute Gasteiger partial charge is 0.493 e. The van der Waals surface area contributed by atoms with Crippen LogP contribution >= 0.6 is 0 Å². The summed E-state index contributed by atoms with van der Waals surface area (Å²) in [6, 6.07) is 11.4. The highest BCUT2D eigenvalue weighted by Crippen LogP contribution is 2.30. The first-order chi connectivity index (χ1) is 19.7. The van der Waals surface area contributed by atoms with E-state index in [1.54, 1.807) is 30.3 Å². The maximum atomic E-state index is 14.4. The van der Waals surface area contributed by atoms with Crippen LogP contribution in [0.2, 0.25) is 0 Å². The molecule has 12 heteroatoms. The van der Waals surface area contributed by atoms with E-state index in [2.05, 4.69) is 25.7 Å². The Morgan fingerprint density at radius 3 is 2.76 bits per heavy atom. The van der Waals surface area contributed by atoms with Crippen LogP contribution in [0.1, 0.15) is 42.6 Å². The number of nitrogens with one attached hydrogen (secondary N) is 2. The van der Waals surface area contributed by atoms with Gasteiger partial charge in [-0.15, -0.1) is 0 Å². The molecule has 0 bridgehead atoms. The first-order valence-electron chi connectivity index (χ1n) is 13.0. The smallest absolute Gasteiger partial charge is 0.257 e. The number of amides is 2. The second kappa shape index (κ2) is 11.2. The van der Waals surface area contributed by atoms with Gasteiger partial charge in [-0.3, -0.25) is 9.59 Å². The lowest BCUT2D eigenvalue weighted by atomic mass is 9.95. The summed E-state index contributed by atoms with van der Waals surface area (Å²) in [5.41, 5.74) is 0.668. The fourth-order valence-corrected chi connectivity index (χ4v) is 3.88. The first kappa shape index (κ1) is 27.5. The molecule has 1 aliphatic carbocycles. The molecule has 0 saturated heterocycles. The second-order valence-electron chi connectivity index (χ2n) is 10.3. The summed E-state index contributed by atoms with van der Waals surface area (Å²) in [5, 5.41) is 19.1. The molecule has 3 aromatic heterocycles. The molecule has 1 aliphatic rings. The van der Waals surface area contributed by atoms with Crippen LogP contribution in [0.25, 0.3) is 16.9 Å². The van der Waals surface area contributed by atoms with Gasteiger partial charge >= 0.3 is 0 Å². The standard InChI is InChI=1S/C29H28FN7O4/c1-29(2,16-31)28(39)35-24-14-37-25(34-24)9-8-23(36-37)19-11-21(27(40-3)33-13-19)26(38)32-12-18-10-20(6-7-22(18)30)41-15-17-4-5-17/h6-11,13-14,17H,4-5,12,15H2,1-3H3,(H,32,38)(H,35,39). The Morgan fingerprint density at radius 1 is 1.22 bits per heavy atom. The second-order valence-corrected chi connectivity index (χ2v) is 10.3. The van der Waals surface area contributed by atoms with Crippen LogP contribution in [-0.2, 0) is 11.3 Å². The number of nitrogens with zero attached hydrogens (tertiary/aromatic N) is 5. The van der Waals surface area contributed by atoms with Crippen LogP contribution in [0, 0.1) is 28.5 Å². The molecule has 0 atom stereocenters. The zero-order valence-corrected chi connectivity index (χ0v) is 22.8. The van der Waals surface area contributed by atoms with Crippen molar-refractivity contribution in [3.8, 4) is 29.0 Å². The van der Waals surface area contributed by atoms with Crippen molar-refractivity contribution in [1.82, 2.24) is 24.9 Å². The SMILES string of the molecule is COc1ncc(-c2ccc3nc(NC(=O)C(C)(C)C#N)cn3n2)cc1C(=O)NCc1cc(OCC2CC2)ccc1F. The summed E-state index contributed by atoms with van der Waals surface area (Å²) in [6.45, 7) is 3.56. The van der Waals surface area contributed by atoms with Gasteiger partial charge in [0.1, 0.15) is 22.5 Å². The number of benzene rings is 1. The van der Waals surface area contributed by atoms with Gasteiger partial charge in [0, 0.05) is 23.9 Å². The van der Waals surface area contributed by atoms with Gasteiger partial charge in [0.25, 0.3) is 5.91 Å². The minimum atomic E-state index is -1.22. The highest BCUT2D eigenvalue weighted by atomic mass is 19.1. The molecule has 0 radical (unpaired) electrons. The van der Waals surface area contributed by atoms with E-state index in [-0.39, 0.29) is 23.8 Å². The Hall–Kier alpha value is -5.05. The highest BCUT2D eigenvalue weighted by Gasteiger charge is 2.28. The van der Waals surface area contributed by atoms with Crippen LogP contribution < -0.4 is 20.1 Å². The summed E-state index contributed by atoms with van der Waals surface area (Å²) >= 11 is 0. The monoisotopic (exact) mass is 557 g/mol. The molecule has 1 saturated carbocycles. The number of carbonyl (C=O) groups excluding carboxylic acids is 2. The number of pyridine rings is 1. The number of aromatic nitrogens is 4. The zero-order chi connectivity index (χ0) is 29.1. The van der Waals surface area contributed by atoms with E-state index < -0.39 is 23.0 Å². The average Bonchev–Trinajstić information content (AvgIpc) is 3.72. The summed E-state index contributed by atoms with van der Waals surface area (Å²) in [7, 11) is 1.40. The Bertz CT molecular complexity index is 1670. The van der Waals surface area contributed by atoms with Gasteiger partial charge in [0.05, 0.1) is 31.7 Å². The van der Waals surface area contributed by atoms with Crippen LogP contribution in [0.3, 0.4) is 0 Å². The maximum Gasteiger partial charge on any atom is 0.257 e. The van der Waals surface area contributed by atoms with Crippen molar-refractivity contribution in [3.05, 3.63) is 65.7 Å². The molecule has 5 rings (SSSR count). The van der Waals surface area contributed by atoms with Gasteiger partial charge in [-0.1, -0.05) is 0 Å². The molecular weight excluding hydrogens is 529 g/mol. The average molecular weight is 558 g/mol. The van der Waals surface area contributed by atoms with Gasteiger partial charge in [-0.05, 0) is 69.0 Å². The van der Waals surface area contributed by atoms with Crippen molar-refractivity contribution in [2.24, 2.45) is 11.3 Å². The predicted molar refractivity (Wildman–Crippen MR) is 147 cm³/mol. The summed E-state index contributed by atoms with van der Waals surface area (Å²) in [5.74, 6) is 0.00914. The van der Waals surface area contributed by atoms with Gasteiger partial charge in [0.2, 0.25) is 11.8 Å². The van der Waals surface area contributed by atoms with E-state index in [1.165, 1.54) is 43.9 Å². The number of imidazole rings is 1. The molecule has 41 heavy (non-hydrogen) atoms. The number of carbonyl (C=O) groups is 2. The predicted octanol–water partition coefficient (Wildman–Crippen LogP) is 4.15. The Balaban J connectivity index is 1.33. The molecule has 2 N–H and O–H groups in total. The van der Waals surface area contributed by atoms with Gasteiger partial charge in [-0.2, -0.15) is 10.4 Å². The third-order valence-electron chi connectivity index (χ3n) is 6.63. The molecule has 0 aliphatic heterocycles. The van der Waals surface area contributed by atoms with Gasteiger partial charge in [-0.25, -0.2) is 18.9 Å². The number of anilines is 1. The van der Waals surface area contributed by atoms with Crippen LogP contribution in [0.4, 0.5) is 10.2 Å². The number of rotatable bonds is 10. The van der Waals surface area contributed by atoms with E-state index >= 15 is 0 Å². The molecule has 0 unspecified atom stereocenters. The van der Waals surface area contributed by atoms with Crippen LogP contribution in [-0.4, -0.2) is 45.1 Å². The van der Waals surface area contributed by atoms with Crippen molar-refractivity contribution in [2.45, 2.75) is 33.2 Å². The summed E-state index contributed by atoms with van der Waals surface area (Å²) < 4.78 is 26.9. The number of methoxy groups -OCH3 is 1. The maximum absolute atomic E-state index is 14.4. The lowest BCUT2D eigenvalue weighted by molar-refractivity contribution is -0.121. The van der Waals surface area contributed by atoms with Crippen LogP contribution in [0.15, 0.2) is 48.8 Å². The molecular formula is C29H28FN7O4. The summed E-state index contributed by atoms with van der Waals surface area (Å²) in [6.07, 6.45) is 5.32. The van der Waals surface area contributed by atoms with Crippen molar-refractivity contribution < 1.29 is 23.5 Å². The lowest BCUT2D eigenvalue weighted by Gasteiger charge is -2.12. The highest BCUT2D eigenvalue weighted by molar-refractivity contribution is 5.97. The van der Waals surface area contributed by atoms with E-state index in [4.69, 9.17) is 9.47 Å². The minimum absolute atomic E-state index is 0.0605. The van der Waals surface area contributed by atoms with E-state index in [0.29, 0.717) is 40.7 Å². The van der Waals surface area contributed by atoms with E-state index in [9.17, 15) is 19.2 Å².